The van der Waals surface area contributed by atoms with Crippen molar-refractivity contribution in [3.63, 3.8) is 0 Å². The maximum absolute atomic E-state index is 14.9. The monoisotopic (exact) mass is 490 g/mol. The van der Waals surface area contributed by atoms with Crippen LogP contribution in [0.25, 0.3) is 16.9 Å². The van der Waals surface area contributed by atoms with Crippen LogP contribution in [-0.4, -0.2) is 66.2 Å². The van der Waals surface area contributed by atoms with Gasteiger partial charge in [0, 0.05) is 37.3 Å². The minimum Gasteiger partial charge on any atom is -0.453 e. The minimum atomic E-state index is -2.68. The molecule has 3 aromatic rings. The van der Waals surface area contributed by atoms with Crippen LogP contribution in [0.5, 0.6) is 0 Å². The molecule has 1 atom stereocenters. The summed E-state index contributed by atoms with van der Waals surface area (Å²) < 4.78 is 53.9. The van der Waals surface area contributed by atoms with Crippen LogP contribution < -0.4 is 5.32 Å². The molecule has 1 aliphatic heterocycles. The molecule has 2 aromatic heterocycles. The van der Waals surface area contributed by atoms with E-state index in [9.17, 15) is 22.8 Å². The Morgan fingerprint density at radius 2 is 2.09 bits per heavy atom. The molecule has 186 valence electrons. The number of amides is 2. The van der Waals surface area contributed by atoms with Gasteiger partial charge in [0.25, 0.3) is 12.3 Å². The summed E-state index contributed by atoms with van der Waals surface area (Å²) in [5, 5.41) is 2.40. The molecule has 0 spiro atoms. The Balaban J connectivity index is 1.81. The summed E-state index contributed by atoms with van der Waals surface area (Å²) >= 11 is 0. The minimum absolute atomic E-state index is 0.108. The van der Waals surface area contributed by atoms with Gasteiger partial charge >= 0.3 is 6.09 Å². The zero-order valence-corrected chi connectivity index (χ0v) is 19.5. The number of methoxy groups -OCH3 is 1. The normalized spacial score (nSPS) is 16.1. The van der Waals surface area contributed by atoms with Crippen molar-refractivity contribution in [1.29, 1.82) is 0 Å². The average Bonchev–Trinajstić information content (AvgIpc) is 3.21. The van der Waals surface area contributed by atoms with E-state index in [0.717, 1.165) is 0 Å². The van der Waals surface area contributed by atoms with Crippen molar-refractivity contribution in [2.75, 3.05) is 33.9 Å². The van der Waals surface area contributed by atoms with E-state index in [1.165, 1.54) is 49.5 Å². The molecule has 0 saturated carbocycles. The van der Waals surface area contributed by atoms with Crippen molar-refractivity contribution < 1.29 is 32.2 Å². The highest BCUT2D eigenvalue weighted by molar-refractivity contribution is 5.95. The summed E-state index contributed by atoms with van der Waals surface area (Å²) in [6.07, 6.45) is -1.80. The van der Waals surface area contributed by atoms with Gasteiger partial charge in [0.2, 0.25) is 0 Å². The number of fused-ring (bicyclic) bond motifs is 1. The number of hydrogen-bond acceptors (Lipinski definition) is 5. The van der Waals surface area contributed by atoms with Crippen molar-refractivity contribution in [1.82, 2.24) is 19.6 Å². The number of hydrogen-bond donors (Lipinski definition) is 1. The van der Waals surface area contributed by atoms with Crippen LogP contribution in [0.2, 0.25) is 0 Å². The third-order valence-electron chi connectivity index (χ3n) is 6.03. The fraction of sp³-hybridized carbons (Fsp3) is 0.375. The quantitative estimate of drug-likeness (QED) is 0.589. The zero-order valence-electron chi connectivity index (χ0n) is 19.5. The maximum atomic E-state index is 14.9. The van der Waals surface area contributed by atoms with Gasteiger partial charge in [-0.2, -0.15) is 0 Å². The number of imidazole rings is 1. The molecule has 1 saturated heterocycles. The van der Waals surface area contributed by atoms with Crippen LogP contribution >= 0.6 is 0 Å². The van der Waals surface area contributed by atoms with E-state index in [-0.39, 0.29) is 29.7 Å². The zero-order chi connectivity index (χ0) is 25.3. The van der Waals surface area contributed by atoms with Crippen molar-refractivity contribution in [3.8, 4) is 11.3 Å². The number of ether oxygens (including phenoxy) is 2. The predicted molar refractivity (Wildman–Crippen MR) is 121 cm³/mol. The molecule has 8 nitrogen and oxygen atoms in total. The number of alkyl halides is 2. The van der Waals surface area contributed by atoms with Gasteiger partial charge in [-0.05, 0) is 36.8 Å². The number of aromatic nitrogens is 2. The van der Waals surface area contributed by atoms with Crippen LogP contribution in [0, 0.1) is 12.7 Å². The SMILES string of the molecule is CNC(=O)c1cc(C)c(-c2nc3cc(C(F)F)ccn3c2C[C@H]2CN(C(=O)OC)CCO2)cc1F. The van der Waals surface area contributed by atoms with E-state index in [0.29, 0.717) is 35.7 Å². The fourth-order valence-corrected chi connectivity index (χ4v) is 4.26. The number of rotatable bonds is 5. The van der Waals surface area contributed by atoms with Crippen LogP contribution in [-0.2, 0) is 15.9 Å². The molecular weight excluding hydrogens is 465 g/mol. The topological polar surface area (TPSA) is 85.2 Å². The van der Waals surface area contributed by atoms with E-state index in [2.05, 4.69) is 10.3 Å². The van der Waals surface area contributed by atoms with E-state index < -0.39 is 30.3 Å². The molecule has 11 heteroatoms. The van der Waals surface area contributed by atoms with E-state index >= 15 is 0 Å². The molecule has 1 fully saturated rings. The Kier molecular flexibility index (Phi) is 6.97. The Bertz CT molecular complexity index is 1280. The molecule has 35 heavy (non-hydrogen) atoms. The van der Waals surface area contributed by atoms with Gasteiger partial charge in [0.05, 0.1) is 43.3 Å². The molecule has 0 unspecified atom stereocenters. The molecule has 4 rings (SSSR count). The van der Waals surface area contributed by atoms with Gasteiger partial charge < -0.3 is 24.1 Å². The fourth-order valence-electron chi connectivity index (χ4n) is 4.26. The number of halogens is 3. The van der Waals surface area contributed by atoms with Gasteiger partial charge in [-0.1, -0.05) is 0 Å². The van der Waals surface area contributed by atoms with Gasteiger partial charge in [-0.25, -0.2) is 22.9 Å². The summed E-state index contributed by atoms with van der Waals surface area (Å²) in [7, 11) is 2.71. The first-order chi connectivity index (χ1) is 16.7. The molecule has 1 N–H and O–H groups in total. The number of carbonyl (C=O) groups excluding carboxylic acids is 2. The van der Waals surface area contributed by atoms with Gasteiger partial charge in [0.15, 0.2) is 0 Å². The lowest BCUT2D eigenvalue weighted by molar-refractivity contribution is -0.0241. The maximum Gasteiger partial charge on any atom is 0.409 e. The summed E-state index contributed by atoms with van der Waals surface area (Å²) in [5.41, 5.74) is 1.97. The number of nitrogens with one attached hydrogen (secondary N) is 1. The third kappa shape index (κ3) is 4.81. The van der Waals surface area contributed by atoms with Gasteiger partial charge in [0.1, 0.15) is 11.5 Å². The first-order valence-corrected chi connectivity index (χ1v) is 11.0. The van der Waals surface area contributed by atoms with Crippen molar-refractivity contribution >= 4 is 17.6 Å². The Labute approximate surface area is 199 Å². The Hall–Kier alpha value is -3.60. The highest BCUT2D eigenvalue weighted by Crippen LogP contribution is 2.32. The van der Waals surface area contributed by atoms with Crippen LogP contribution in [0.15, 0.2) is 30.5 Å². The Morgan fingerprint density at radius 3 is 2.77 bits per heavy atom. The molecule has 0 radical (unpaired) electrons. The standard InChI is InChI=1S/C24H25F3N4O4/c1-13-8-17(23(32)28-2)18(25)11-16(13)21-19(10-15-12-30(6-7-35-15)24(33)34-3)31-5-4-14(22(26)27)9-20(31)29-21/h4-5,8-9,11,15,22H,6-7,10,12H2,1-3H3,(H,28,32)/t15-/m0/s1. The number of pyridine rings is 1. The van der Waals surface area contributed by atoms with Crippen LogP contribution in [0.1, 0.15) is 33.6 Å². The molecule has 0 bridgehead atoms. The lowest BCUT2D eigenvalue weighted by Crippen LogP contribution is -2.46. The molecule has 3 heterocycles. The number of carbonyl (C=O) groups is 2. The highest BCUT2D eigenvalue weighted by atomic mass is 19.3. The summed E-state index contributed by atoms with van der Waals surface area (Å²) in [6.45, 7) is 2.66. The first kappa shape index (κ1) is 24.5. The molecule has 2 amide bonds. The number of aryl methyl sites for hydroxylation is 1. The smallest absolute Gasteiger partial charge is 0.409 e. The van der Waals surface area contributed by atoms with E-state index in [4.69, 9.17) is 9.47 Å². The second-order valence-electron chi connectivity index (χ2n) is 8.24. The first-order valence-electron chi connectivity index (χ1n) is 11.0. The molecule has 0 aliphatic carbocycles. The van der Waals surface area contributed by atoms with Crippen LogP contribution in [0.4, 0.5) is 18.0 Å². The van der Waals surface area contributed by atoms with Crippen molar-refractivity contribution in [2.24, 2.45) is 0 Å². The summed E-state index contributed by atoms with van der Waals surface area (Å²) in [4.78, 5) is 30.1. The second kappa shape index (κ2) is 9.95. The second-order valence-corrected chi connectivity index (χ2v) is 8.24. The number of morpholine rings is 1. The van der Waals surface area contributed by atoms with Crippen molar-refractivity contribution in [3.05, 3.63) is 58.7 Å². The van der Waals surface area contributed by atoms with Gasteiger partial charge in [-0.15, -0.1) is 0 Å². The lowest BCUT2D eigenvalue weighted by Gasteiger charge is -2.32. The largest absolute Gasteiger partial charge is 0.453 e. The summed E-state index contributed by atoms with van der Waals surface area (Å²) in [6, 6.07) is 5.24. The van der Waals surface area contributed by atoms with E-state index in [1.54, 1.807) is 11.3 Å². The highest BCUT2D eigenvalue weighted by Gasteiger charge is 2.28. The summed E-state index contributed by atoms with van der Waals surface area (Å²) in [5.74, 6) is -1.29. The number of nitrogens with zero attached hydrogens (tertiary/aromatic N) is 3. The molecular formula is C24H25F3N4O4. The average molecular weight is 490 g/mol. The number of benzene rings is 1. The third-order valence-corrected chi connectivity index (χ3v) is 6.03. The van der Waals surface area contributed by atoms with Crippen molar-refractivity contribution in [2.45, 2.75) is 25.9 Å². The lowest BCUT2D eigenvalue weighted by atomic mass is 9.98. The van der Waals surface area contributed by atoms with E-state index in [1.807, 2.05) is 0 Å². The van der Waals surface area contributed by atoms with Gasteiger partial charge in [-0.3, -0.25) is 4.79 Å². The molecule has 1 aromatic carbocycles. The Morgan fingerprint density at radius 1 is 1.31 bits per heavy atom. The van der Waals surface area contributed by atoms with Crippen LogP contribution in [0.3, 0.4) is 0 Å². The predicted octanol–water partition coefficient (Wildman–Crippen LogP) is 3.76. The molecule has 1 aliphatic rings.